The molecule has 0 radical (unpaired) electrons. The van der Waals surface area contributed by atoms with Gasteiger partial charge in [-0.3, -0.25) is 4.79 Å². The van der Waals surface area contributed by atoms with E-state index in [9.17, 15) is 4.79 Å². The lowest BCUT2D eigenvalue weighted by atomic mass is 9.89. The number of piperidine rings is 1. The Hall–Kier alpha value is -3.79. The van der Waals surface area contributed by atoms with Gasteiger partial charge in [0.1, 0.15) is 0 Å². The molecule has 1 fully saturated rings. The summed E-state index contributed by atoms with van der Waals surface area (Å²) in [6.07, 6.45) is 12.4. The average molecular weight is 578 g/mol. The minimum Gasteiger partial charge on any atom is -0.493 e. The number of para-hydroxylation sites is 1. The lowest BCUT2D eigenvalue weighted by Gasteiger charge is -2.32. The molecule has 0 unspecified atom stereocenters. The van der Waals surface area contributed by atoms with Crippen LogP contribution in [0.3, 0.4) is 0 Å². The Balaban J connectivity index is 1.15. The third kappa shape index (κ3) is 8.85. The maximum absolute atomic E-state index is 12.3. The SMILES string of the molecule is COCCOCOc1c(OC)cc(/C=C/C=C/C(=O)NCCCN2CCC(c3c[nH]c4ccccc34)CC2)cc1OC. The van der Waals surface area contributed by atoms with E-state index in [1.807, 2.05) is 18.2 Å². The van der Waals surface area contributed by atoms with Crippen LogP contribution in [0.15, 0.2) is 60.8 Å². The van der Waals surface area contributed by atoms with Crippen molar-refractivity contribution in [3.05, 3.63) is 72.0 Å². The number of benzene rings is 2. The van der Waals surface area contributed by atoms with Gasteiger partial charge in [0, 0.05) is 36.8 Å². The van der Waals surface area contributed by atoms with Crippen LogP contribution in [0.5, 0.6) is 17.2 Å². The molecule has 2 N–H and O–H groups in total. The molecule has 9 heteroatoms. The number of H-pyrrole nitrogens is 1. The average Bonchev–Trinajstić information content (AvgIpc) is 3.46. The van der Waals surface area contributed by atoms with E-state index >= 15 is 0 Å². The lowest BCUT2D eigenvalue weighted by Crippen LogP contribution is -2.35. The van der Waals surface area contributed by atoms with Gasteiger partial charge in [-0.2, -0.15) is 0 Å². The minimum atomic E-state index is -0.106. The number of nitrogens with zero attached hydrogens (tertiary/aromatic N) is 1. The van der Waals surface area contributed by atoms with Gasteiger partial charge in [0.25, 0.3) is 0 Å². The third-order valence-electron chi connectivity index (χ3n) is 7.45. The minimum absolute atomic E-state index is 0.0490. The first-order valence-corrected chi connectivity index (χ1v) is 14.5. The van der Waals surface area contributed by atoms with Gasteiger partial charge in [0.05, 0.1) is 27.4 Å². The van der Waals surface area contributed by atoms with E-state index in [0.717, 1.165) is 31.6 Å². The van der Waals surface area contributed by atoms with Crippen molar-refractivity contribution in [3.8, 4) is 17.2 Å². The Labute approximate surface area is 248 Å². The van der Waals surface area contributed by atoms with Crippen molar-refractivity contribution < 1.29 is 28.5 Å². The second-order valence-corrected chi connectivity index (χ2v) is 10.2. The molecule has 3 aromatic rings. The molecule has 0 bridgehead atoms. The molecular weight excluding hydrogens is 534 g/mol. The molecule has 1 aromatic heterocycles. The molecule has 1 aliphatic rings. The summed E-state index contributed by atoms with van der Waals surface area (Å²) in [6, 6.07) is 12.2. The van der Waals surface area contributed by atoms with Crippen LogP contribution in [0.1, 0.15) is 36.3 Å². The molecule has 2 aromatic carbocycles. The van der Waals surface area contributed by atoms with Crippen LogP contribution < -0.4 is 19.5 Å². The molecule has 2 heterocycles. The monoisotopic (exact) mass is 577 g/mol. The second-order valence-electron chi connectivity index (χ2n) is 10.2. The predicted octanol–water partition coefficient (Wildman–Crippen LogP) is 5.14. The normalized spacial score (nSPS) is 14.6. The van der Waals surface area contributed by atoms with Crippen LogP contribution in [0, 0.1) is 0 Å². The summed E-state index contributed by atoms with van der Waals surface area (Å²) >= 11 is 0. The highest BCUT2D eigenvalue weighted by Gasteiger charge is 2.22. The summed E-state index contributed by atoms with van der Waals surface area (Å²) in [5.41, 5.74) is 3.51. The van der Waals surface area contributed by atoms with Gasteiger partial charge < -0.3 is 38.9 Å². The molecule has 1 saturated heterocycles. The molecule has 226 valence electrons. The number of carbonyl (C=O) groups excluding carboxylic acids is 1. The summed E-state index contributed by atoms with van der Waals surface area (Å²) in [5, 5.41) is 4.33. The van der Waals surface area contributed by atoms with E-state index < -0.39 is 0 Å². The number of methoxy groups -OCH3 is 3. The van der Waals surface area contributed by atoms with Gasteiger partial charge >= 0.3 is 0 Å². The number of ether oxygens (including phenoxy) is 5. The number of likely N-dealkylation sites (tertiary alicyclic amines) is 1. The standard InChI is InChI=1S/C33H43N3O6/c1-38-19-20-41-24-42-33-30(39-2)21-25(22-31(33)40-3)9-4-7-12-32(37)34-15-8-16-36-17-13-26(14-18-36)28-23-35-29-11-6-5-10-27(28)29/h4-7,9-12,21-23,26,35H,8,13-20,24H2,1-3H3,(H,34,37)/b9-4+,12-7+. The van der Waals surface area contributed by atoms with Crippen LogP contribution >= 0.6 is 0 Å². The van der Waals surface area contributed by atoms with Gasteiger partial charge in [-0.15, -0.1) is 0 Å². The Kier molecular flexibility index (Phi) is 12.3. The second kappa shape index (κ2) is 16.6. The van der Waals surface area contributed by atoms with Crippen molar-refractivity contribution in [3.63, 3.8) is 0 Å². The molecule has 42 heavy (non-hydrogen) atoms. The van der Waals surface area contributed by atoms with Crippen molar-refractivity contribution >= 4 is 22.9 Å². The van der Waals surface area contributed by atoms with Crippen LogP contribution in [-0.4, -0.2) is 83.3 Å². The number of carbonyl (C=O) groups is 1. The number of aromatic amines is 1. The van der Waals surface area contributed by atoms with Gasteiger partial charge in [-0.25, -0.2) is 0 Å². The van der Waals surface area contributed by atoms with Crippen LogP contribution in [-0.2, 0) is 14.3 Å². The van der Waals surface area contributed by atoms with Gasteiger partial charge in [-0.1, -0.05) is 36.4 Å². The van der Waals surface area contributed by atoms with E-state index in [2.05, 4.69) is 45.7 Å². The molecule has 4 rings (SSSR count). The van der Waals surface area contributed by atoms with E-state index in [-0.39, 0.29) is 12.7 Å². The number of fused-ring (bicyclic) bond motifs is 1. The number of allylic oxidation sites excluding steroid dienone is 2. The van der Waals surface area contributed by atoms with Gasteiger partial charge in [0.15, 0.2) is 18.3 Å². The number of rotatable bonds is 16. The first-order valence-electron chi connectivity index (χ1n) is 14.5. The summed E-state index contributed by atoms with van der Waals surface area (Å²) in [4.78, 5) is 18.2. The third-order valence-corrected chi connectivity index (χ3v) is 7.45. The smallest absolute Gasteiger partial charge is 0.243 e. The van der Waals surface area contributed by atoms with Crippen molar-refractivity contribution in [1.29, 1.82) is 0 Å². The zero-order valence-corrected chi connectivity index (χ0v) is 24.9. The summed E-state index contributed by atoms with van der Waals surface area (Å²) < 4.78 is 27.0. The number of aromatic nitrogens is 1. The van der Waals surface area contributed by atoms with E-state index in [4.69, 9.17) is 23.7 Å². The van der Waals surface area contributed by atoms with Gasteiger partial charge in [0.2, 0.25) is 11.7 Å². The number of amides is 1. The molecule has 9 nitrogen and oxygen atoms in total. The Morgan fingerprint density at radius 2 is 1.81 bits per heavy atom. The zero-order chi connectivity index (χ0) is 29.6. The zero-order valence-electron chi connectivity index (χ0n) is 24.9. The fraction of sp³-hybridized carbons (Fsp3) is 0.424. The lowest BCUT2D eigenvalue weighted by molar-refractivity contribution is -0.116. The first-order chi connectivity index (χ1) is 20.6. The molecular formula is C33H43N3O6. The van der Waals surface area contributed by atoms with Crippen LogP contribution in [0.2, 0.25) is 0 Å². The van der Waals surface area contributed by atoms with Gasteiger partial charge in [-0.05, 0) is 74.1 Å². The number of hydrogen-bond acceptors (Lipinski definition) is 7. The number of hydrogen-bond donors (Lipinski definition) is 2. The summed E-state index contributed by atoms with van der Waals surface area (Å²) in [7, 11) is 4.75. The number of nitrogens with one attached hydrogen (secondary N) is 2. The molecule has 0 spiro atoms. The maximum atomic E-state index is 12.3. The van der Waals surface area contributed by atoms with Crippen LogP contribution in [0.25, 0.3) is 17.0 Å². The topological polar surface area (TPSA) is 94.3 Å². The van der Waals surface area contributed by atoms with Crippen LogP contribution in [0.4, 0.5) is 0 Å². The Morgan fingerprint density at radius 3 is 2.55 bits per heavy atom. The first kappa shape index (κ1) is 31.2. The largest absolute Gasteiger partial charge is 0.493 e. The van der Waals surface area contributed by atoms with Crippen molar-refractivity contribution in [1.82, 2.24) is 15.2 Å². The highest BCUT2D eigenvalue weighted by Crippen LogP contribution is 2.39. The molecule has 1 aliphatic heterocycles. The highest BCUT2D eigenvalue weighted by molar-refractivity contribution is 5.87. The Morgan fingerprint density at radius 1 is 1.05 bits per heavy atom. The fourth-order valence-electron chi connectivity index (χ4n) is 5.22. The summed E-state index contributed by atoms with van der Waals surface area (Å²) in [5.74, 6) is 2.00. The fourth-order valence-corrected chi connectivity index (χ4v) is 5.22. The van der Waals surface area contributed by atoms with E-state index in [1.54, 1.807) is 33.5 Å². The molecule has 1 amide bonds. The highest BCUT2D eigenvalue weighted by atomic mass is 16.7. The van der Waals surface area contributed by atoms with Crippen molar-refractivity contribution in [2.45, 2.75) is 25.2 Å². The van der Waals surface area contributed by atoms with E-state index in [0.29, 0.717) is 42.9 Å². The van der Waals surface area contributed by atoms with E-state index in [1.165, 1.54) is 35.4 Å². The molecule has 0 aliphatic carbocycles. The Bertz CT molecular complexity index is 1300. The predicted molar refractivity (Wildman–Crippen MR) is 165 cm³/mol. The quantitative estimate of drug-likeness (QED) is 0.105. The summed E-state index contributed by atoms with van der Waals surface area (Å²) in [6.45, 7) is 4.79. The molecule has 0 saturated carbocycles. The van der Waals surface area contributed by atoms with Crippen molar-refractivity contribution in [2.24, 2.45) is 0 Å². The van der Waals surface area contributed by atoms with Crippen molar-refractivity contribution in [2.75, 3.05) is 67.5 Å². The molecule has 0 atom stereocenters. The maximum Gasteiger partial charge on any atom is 0.243 e.